The molecule has 1 atom stereocenters. The molecule has 0 spiro atoms. The molecule has 0 saturated carbocycles. The SMILES string of the molecule is CO[C@@H]1CCCC(C)=C1NS(=O)(=O)C(C)(C)C. The lowest BCUT2D eigenvalue weighted by Crippen LogP contribution is -2.42. The summed E-state index contributed by atoms with van der Waals surface area (Å²) < 4.78 is 31.5. The van der Waals surface area contributed by atoms with Gasteiger partial charge in [-0.1, -0.05) is 5.57 Å². The lowest BCUT2D eigenvalue weighted by atomic mass is 9.95. The van der Waals surface area contributed by atoms with Gasteiger partial charge in [-0.15, -0.1) is 0 Å². The van der Waals surface area contributed by atoms with Crippen molar-refractivity contribution in [2.24, 2.45) is 0 Å². The Bertz CT molecular complexity index is 404. The zero-order chi connectivity index (χ0) is 13.3. The second-order valence-electron chi connectivity index (χ2n) is 5.53. The van der Waals surface area contributed by atoms with Gasteiger partial charge in [-0.2, -0.15) is 0 Å². The van der Waals surface area contributed by atoms with Gasteiger partial charge >= 0.3 is 0 Å². The van der Waals surface area contributed by atoms with E-state index >= 15 is 0 Å². The van der Waals surface area contributed by atoms with Crippen molar-refractivity contribution in [2.75, 3.05) is 7.11 Å². The number of allylic oxidation sites excluding steroid dienone is 1. The summed E-state index contributed by atoms with van der Waals surface area (Å²) in [4.78, 5) is 0. The van der Waals surface area contributed by atoms with Gasteiger partial charge in [0.1, 0.15) is 0 Å². The minimum atomic E-state index is -3.36. The number of hydrogen-bond acceptors (Lipinski definition) is 3. The van der Waals surface area contributed by atoms with Crippen molar-refractivity contribution in [3.8, 4) is 0 Å². The first kappa shape index (κ1) is 14.5. The number of rotatable bonds is 3. The third kappa shape index (κ3) is 3.22. The molecule has 0 bridgehead atoms. The second kappa shape index (κ2) is 4.98. The molecular weight excluding hydrogens is 238 g/mol. The number of sulfonamides is 1. The monoisotopic (exact) mass is 261 g/mol. The summed E-state index contributed by atoms with van der Waals surface area (Å²) in [7, 11) is -1.74. The van der Waals surface area contributed by atoms with Crippen LogP contribution in [0.15, 0.2) is 11.3 Å². The van der Waals surface area contributed by atoms with E-state index in [4.69, 9.17) is 4.74 Å². The third-order valence-electron chi connectivity index (χ3n) is 3.13. The van der Waals surface area contributed by atoms with Crippen LogP contribution in [0, 0.1) is 0 Å². The molecule has 0 fully saturated rings. The number of nitrogens with one attached hydrogen (secondary N) is 1. The van der Waals surface area contributed by atoms with Crippen molar-refractivity contribution in [1.82, 2.24) is 4.72 Å². The van der Waals surface area contributed by atoms with E-state index in [0.29, 0.717) is 0 Å². The smallest absolute Gasteiger partial charge is 0.237 e. The first-order chi connectivity index (χ1) is 7.69. The number of methoxy groups -OCH3 is 1. The van der Waals surface area contributed by atoms with Gasteiger partial charge in [-0.05, 0) is 47.0 Å². The first-order valence-electron chi connectivity index (χ1n) is 5.94. The van der Waals surface area contributed by atoms with E-state index in [0.717, 1.165) is 30.5 Å². The average Bonchev–Trinajstić information content (AvgIpc) is 2.19. The maximum Gasteiger partial charge on any atom is 0.237 e. The largest absolute Gasteiger partial charge is 0.375 e. The molecule has 0 aromatic rings. The van der Waals surface area contributed by atoms with Crippen LogP contribution in [-0.2, 0) is 14.8 Å². The van der Waals surface area contributed by atoms with Crippen molar-refractivity contribution >= 4 is 10.0 Å². The number of hydrogen-bond donors (Lipinski definition) is 1. The van der Waals surface area contributed by atoms with Crippen LogP contribution in [0.5, 0.6) is 0 Å². The van der Waals surface area contributed by atoms with E-state index in [2.05, 4.69) is 4.72 Å². The molecule has 0 amide bonds. The minimum absolute atomic E-state index is 0.124. The normalized spacial score (nSPS) is 22.8. The second-order valence-corrected chi connectivity index (χ2v) is 7.96. The Morgan fingerprint density at radius 1 is 1.35 bits per heavy atom. The van der Waals surface area contributed by atoms with Crippen LogP contribution >= 0.6 is 0 Å². The summed E-state index contributed by atoms with van der Waals surface area (Å²) >= 11 is 0. The van der Waals surface area contributed by atoms with Crippen LogP contribution in [0.3, 0.4) is 0 Å². The first-order valence-corrected chi connectivity index (χ1v) is 7.42. The molecule has 1 rings (SSSR count). The van der Waals surface area contributed by atoms with Gasteiger partial charge in [0, 0.05) is 7.11 Å². The van der Waals surface area contributed by atoms with Crippen molar-refractivity contribution < 1.29 is 13.2 Å². The van der Waals surface area contributed by atoms with Crippen LogP contribution in [0.25, 0.3) is 0 Å². The zero-order valence-corrected chi connectivity index (χ0v) is 12.1. The van der Waals surface area contributed by atoms with Crippen LogP contribution in [0.1, 0.15) is 47.0 Å². The quantitative estimate of drug-likeness (QED) is 0.847. The summed E-state index contributed by atoms with van der Waals surface area (Å²) in [5.41, 5.74) is 1.81. The predicted molar refractivity (Wildman–Crippen MR) is 69.2 cm³/mol. The molecule has 0 saturated heterocycles. The molecule has 0 radical (unpaired) electrons. The van der Waals surface area contributed by atoms with Crippen LogP contribution in [0.2, 0.25) is 0 Å². The van der Waals surface area contributed by atoms with Gasteiger partial charge in [0.25, 0.3) is 0 Å². The summed E-state index contributed by atoms with van der Waals surface area (Å²) in [5.74, 6) is 0. The van der Waals surface area contributed by atoms with Gasteiger partial charge in [-0.25, -0.2) is 8.42 Å². The Morgan fingerprint density at radius 3 is 2.41 bits per heavy atom. The highest BCUT2D eigenvalue weighted by atomic mass is 32.2. The van der Waals surface area contributed by atoms with E-state index in [1.807, 2.05) is 6.92 Å². The van der Waals surface area contributed by atoms with Gasteiger partial charge < -0.3 is 4.74 Å². The standard InChI is InChI=1S/C12H23NO3S/c1-9-7-6-8-10(16-5)11(9)13-17(14,15)12(2,3)4/h10,13H,6-8H2,1-5H3/t10-/m1/s1. The average molecular weight is 261 g/mol. The molecule has 0 aromatic heterocycles. The third-order valence-corrected chi connectivity index (χ3v) is 5.24. The Hall–Kier alpha value is -0.550. The fourth-order valence-electron chi connectivity index (χ4n) is 1.79. The van der Waals surface area contributed by atoms with E-state index in [-0.39, 0.29) is 6.10 Å². The van der Waals surface area contributed by atoms with Crippen LogP contribution in [-0.4, -0.2) is 26.4 Å². The van der Waals surface area contributed by atoms with Gasteiger partial charge in [0.05, 0.1) is 16.5 Å². The fourth-order valence-corrected chi connectivity index (χ4v) is 2.69. The molecule has 5 heteroatoms. The molecule has 0 aromatic carbocycles. The Balaban J connectivity index is 3.01. The van der Waals surface area contributed by atoms with E-state index < -0.39 is 14.8 Å². The van der Waals surface area contributed by atoms with Crippen molar-refractivity contribution in [2.45, 2.75) is 57.8 Å². The zero-order valence-electron chi connectivity index (χ0n) is 11.3. The predicted octanol–water partition coefficient (Wildman–Crippen LogP) is 2.18. The Kier molecular flexibility index (Phi) is 4.25. The van der Waals surface area contributed by atoms with Crippen molar-refractivity contribution in [1.29, 1.82) is 0 Å². The maximum absolute atomic E-state index is 12.1. The molecule has 17 heavy (non-hydrogen) atoms. The molecule has 0 unspecified atom stereocenters. The Morgan fingerprint density at radius 2 is 1.94 bits per heavy atom. The highest BCUT2D eigenvalue weighted by Crippen LogP contribution is 2.27. The van der Waals surface area contributed by atoms with E-state index in [1.165, 1.54) is 0 Å². The number of ether oxygens (including phenoxy) is 1. The summed E-state index contributed by atoms with van der Waals surface area (Å²) in [6, 6.07) is 0. The molecule has 1 N–H and O–H groups in total. The molecule has 1 aliphatic carbocycles. The maximum atomic E-state index is 12.1. The van der Waals surface area contributed by atoms with E-state index in [9.17, 15) is 8.42 Å². The molecule has 0 heterocycles. The van der Waals surface area contributed by atoms with E-state index in [1.54, 1.807) is 27.9 Å². The minimum Gasteiger partial charge on any atom is -0.375 e. The van der Waals surface area contributed by atoms with Gasteiger partial charge in [0.15, 0.2) is 0 Å². The topological polar surface area (TPSA) is 55.4 Å². The lowest BCUT2D eigenvalue weighted by molar-refractivity contribution is 0.113. The molecule has 100 valence electrons. The fraction of sp³-hybridized carbons (Fsp3) is 0.833. The summed E-state index contributed by atoms with van der Waals surface area (Å²) in [5, 5.41) is 0. The molecular formula is C12H23NO3S. The highest BCUT2D eigenvalue weighted by molar-refractivity contribution is 7.90. The highest BCUT2D eigenvalue weighted by Gasteiger charge is 2.32. The molecule has 4 nitrogen and oxygen atoms in total. The molecule has 0 aliphatic heterocycles. The van der Waals surface area contributed by atoms with Gasteiger partial charge in [-0.3, -0.25) is 4.72 Å². The van der Waals surface area contributed by atoms with Crippen LogP contribution < -0.4 is 4.72 Å². The van der Waals surface area contributed by atoms with Crippen molar-refractivity contribution in [3.05, 3.63) is 11.3 Å². The summed E-state index contributed by atoms with van der Waals surface area (Å²) in [6.45, 7) is 7.04. The van der Waals surface area contributed by atoms with Gasteiger partial charge in [0.2, 0.25) is 10.0 Å². The lowest BCUT2D eigenvalue weighted by Gasteiger charge is -2.30. The molecule has 1 aliphatic rings. The van der Waals surface area contributed by atoms with Crippen LogP contribution in [0.4, 0.5) is 0 Å². The Labute approximate surface area is 104 Å². The van der Waals surface area contributed by atoms with Crippen molar-refractivity contribution in [3.63, 3.8) is 0 Å². The summed E-state index contributed by atoms with van der Waals surface area (Å²) in [6.07, 6.45) is 2.73.